The van der Waals surface area contributed by atoms with Gasteiger partial charge in [0.15, 0.2) is 6.10 Å². The van der Waals surface area contributed by atoms with Gasteiger partial charge in [-0.25, -0.2) is 8.78 Å². The summed E-state index contributed by atoms with van der Waals surface area (Å²) < 4.78 is 42.9. The molecule has 4 N–H and O–H groups in total. The minimum atomic E-state index is -3.50. The fourth-order valence-electron chi connectivity index (χ4n) is 2.88. The number of methoxy groups -OCH3 is 3. The number of aliphatic hydroxyl groups is 1. The monoisotopic (exact) mass is 340 g/mol. The van der Waals surface area contributed by atoms with Crippen LogP contribution in [0.5, 0.6) is 0 Å². The largest absolute Gasteiger partial charge is 0.378 e. The van der Waals surface area contributed by atoms with E-state index >= 15 is 0 Å². The molecule has 0 radical (unpaired) electrons. The van der Waals surface area contributed by atoms with Gasteiger partial charge < -0.3 is 30.4 Å². The summed E-state index contributed by atoms with van der Waals surface area (Å²) in [6, 6.07) is -1.16. The third kappa shape index (κ3) is 4.36. The third-order valence-electron chi connectivity index (χ3n) is 4.26. The number of carbonyl (C=O) groups excluding carboxylic acids is 1. The van der Waals surface area contributed by atoms with E-state index in [9.17, 15) is 18.7 Å². The van der Waals surface area contributed by atoms with Crippen molar-refractivity contribution in [1.29, 1.82) is 0 Å². The Morgan fingerprint density at radius 1 is 1.26 bits per heavy atom. The number of nitrogens with two attached hydrogens (primary N) is 1. The van der Waals surface area contributed by atoms with Crippen LogP contribution in [-0.2, 0) is 19.0 Å². The second-order valence-electron chi connectivity index (χ2n) is 5.63. The molecule has 7 nitrogen and oxygen atoms in total. The molecular formula is C14H26F2N2O5. The molecule has 0 aliphatic heterocycles. The lowest BCUT2D eigenvalue weighted by Crippen LogP contribution is -2.65. The molecule has 2 unspecified atom stereocenters. The molecule has 0 aromatic heterocycles. The summed E-state index contributed by atoms with van der Waals surface area (Å²) in [7, 11) is 4.34. The first-order chi connectivity index (χ1) is 10.7. The van der Waals surface area contributed by atoms with Gasteiger partial charge in [0.25, 0.3) is 11.8 Å². The van der Waals surface area contributed by atoms with Gasteiger partial charge in [-0.3, -0.25) is 4.79 Å². The van der Waals surface area contributed by atoms with Crippen LogP contribution in [-0.4, -0.2) is 74.8 Å². The predicted octanol–water partition coefficient (Wildman–Crippen LogP) is -0.347. The van der Waals surface area contributed by atoms with Gasteiger partial charge in [-0.05, 0) is 6.42 Å². The van der Waals surface area contributed by atoms with Crippen molar-refractivity contribution in [3.05, 3.63) is 0 Å². The van der Waals surface area contributed by atoms with Gasteiger partial charge in [0, 0.05) is 33.8 Å². The topological polar surface area (TPSA) is 103 Å². The summed E-state index contributed by atoms with van der Waals surface area (Å²) in [5.41, 5.74) is 6.00. The van der Waals surface area contributed by atoms with E-state index in [4.69, 9.17) is 19.9 Å². The van der Waals surface area contributed by atoms with Crippen LogP contribution < -0.4 is 11.1 Å². The fraction of sp³-hybridized carbons (Fsp3) is 0.929. The predicted molar refractivity (Wildman–Crippen MR) is 78.2 cm³/mol. The van der Waals surface area contributed by atoms with Crippen LogP contribution in [0.1, 0.15) is 19.8 Å². The number of halogens is 2. The second kappa shape index (κ2) is 8.29. The molecule has 0 bridgehead atoms. The molecule has 1 saturated carbocycles. The maximum Gasteiger partial charge on any atom is 0.282 e. The van der Waals surface area contributed by atoms with E-state index in [0.29, 0.717) is 0 Å². The number of alkyl halides is 2. The lowest BCUT2D eigenvalue weighted by atomic mass is 9.83. The van der Waals surface area contributed by atoms with E-state index in [1.807, 2.05) is 0 Å². The lowest BCUT2D eigenvalue weighted by molar-refractivity contribution is -0.164. The van der Waals surface area contributed by atoms with Crippen LogP contribution in [0.4, 0.5) is 8.78 Å². The van der Waals surface area contributed by atoms with Crippen LogP contribution in [0.3, 0.4) is 0 Å². The van der Waals surface area contributed by atoms with Gasteiger partial charge >= 0.3 is 0 Å². The van der Waals surface area contributed by atoms with Crippen LogP contribution in [0.25, 0.3) is 0 Å². The first kappa shape index (κ1) is 20.2. The summed E-state index contributed by atoms with van der Waals surface area (Å²) >= 11 is 0. The second-order valence-corrected chi connectivity index (χ2v) is 5.63. The van der Waals surface area contributed by atoms with Crippen molar-refractivity contribution in [2.45, 2.75) is 62.2 Å². The van der Waals surface area contributed by atoms with E-state index in [-0.39, 0.29) is 6.42 Å². The Bertz CT molecular complexity index is 399. The van der Waals surface area contributed by atoms with Crippen molar-refractivity contribution in [3.63, 3.8) is 0 Å². The molecule has 0 heterocycles. The van der Waals surface area contributed by atoms with E-state index in [1.165, 1.54) is 28.3 Å². The molecule has 0 aromatic rings. The van der Waals surface area contributed by atoms with Crippen molar-refractivity contribution in [2.24, 2.45) is 5.73 Å². The summed E-state index contributed by atoms with van der Waals surface area (Å²) in [6.45, 7) is 1.19. The minimum Gasteiger partial charge on any atom is -0.378 e. The Morgan fingerprint density at radius 2 is 1.78 bits per heavy atom. The maximum atomic E-state index is 13.5. The molecule has 0 aromatic carbocycles. The normalized spacial score (nSPS) is 33.3. The molecule has 1 amide bonds. The third-order valence-corrected chi connectivity index (χ3v) is 4.26. The molecule has 1 rings (SSSR count). The van der Waals surface area contributed by atoms with Crippen molar-refractivity contribution < 1.29 is 32.9 Å². The SMILES string of the molecule is CCC(F)(F)C(O)C(=O)N[C@@H]1C[C@H](N)[C@@H](OC)[C@H](OC)C1OC. The fourth-order valence-corrected chi connectivity index (χ4v) is 2.88. The van der Waals surface area contributed by atoms with Crippen LogP contribution in [0.15, 0.2) is 0 Å². The standard InChI is InChI=1S/C14H26F2N2O5/c1-5-14(15,16)12(19)13(20)18-8-6-7(17)9(21-2)11(23-4)10(8)22-3/h7-12,19H,5-6,17H2,1-4H3,(H,18,20)/t7-,8+,9+,10?,11-,12?/m0/s1. The van der Waals surface area contributed by atoms with Crippen molar-refractivity contribution in [3.8, 4) is 0 Å². The smallest absolute Gasteiger partial charge is 0.282 e. The van der Waals surface area contributed by atoms with Gasteiger partial charge in [-0.15, -0.1) is 0 Å². The Labute approximate surface area is 134 Å². The molecule has 136 valence electrons. The number of ether oxygens (including phenoxy) is 3. The zero-order valence-corrected chi connectivity index (χ0v) is 13.8. The molecule has 1 aliphatic carbocycles. The van der Waals surface area contributed by atoms with Gasteiger partial charge in [-0.1, -0.05) is 6.92 Å². The highest BCUT2D eigenvalue weighted by molar-refractivity contribution is 5.82. The Morgan fingerprint density at radius 3 is 2.22 bits per heavy atom. The average molecular weight is 340 g/mol. The van der Waals surface area contributed by atoms with Gasteiger partial charge in [-0.2, -0.15) is 0 Å². The molecule has 23 heavy (non-hydrogen) atoms. The number of nitrogens with one attached hydrogen (secondary N) is 1. The average Bonchev–Trinajstić information content (AvgIpc) is 2.53. The van der Waals surface area contributed by atoms with Gasteiger partial charge in [0.05, 0.1) is 6.04 Å². The summed E-state index contributed by atoms with van der Waals surface area (Å²) in [6.07, 6.45) is -4.51. The van der Waals surface area contributed by atoms with Crippen LogP contribution in [0, 0.1) is 0 Å². The Balaban J connectivity index is 2.88. The highest BCUT2D eigenvalue weighted by Crippen LogP contribution is 2.27. The molecule has 1 aliphatic rings. The minimum absolute atomic E-state index is 0.243. The number of aliphatic hydroxyl groups excluding tert-OH is 1. The van der Waals surface area contributed by atoms with Crippen molar-refractivity contribution in [1.82, 2.24) is 5.32 Å². The molecule has 0 spiro atoms. The highest BCUT2D eigenvalue weighted by Gasteiger charge is 2.47. The zero-order valence-electron chi connectivity index (χ0n) is 13.8. The lowest BCUT2D eigenvalue weighted by Gasteiger charge is -2.44. The van der Waals surface area contributed by atoms with Crippen molar-refractivity contribution >= 4 is 5.91 Å². The maximum absolute atomic E-state index is 13.5. The van der Waals surface area contributed by atoms with E-state index < -0.39 is 54.8 Å². The highest BCUT2D eigenvalue weighted by atomic mass is 19.3. The number of hydrogen-bond donors (Lipinski definition) is 3. The quantitative estimate of drug-likeness (QED) is 0.586. The molecule has 9 heteroatoms. The Kier molecular flexibility index (Phi) is 7.28. The number of amides is 1. The molecule has 6 atom stereocenters. The van der Waals surface area contributed by atoms with E-state index in [1.54, 1.807) is 0 Å². The number of rotatable bonds is 7. The van der Waals surface area contributed by atoms with E-state index in [2.05, 4.69) is 5.32 Å². The van der Waals surface area contributed by atoms with E-state index in [0.717, 1.165) is 0 Å². The number of hydrogen-bond acceptors (Lipinski definition) is 6. The molecular weight excluding hydrogens is 314 g/mol. The first-order valence-electron chi connectivity index (χ1n) is 7.43. The van der Waals surface area contributed by atoms with Gasteiger partial charge in [0.2, 0.25) is 0 Å². The van der Waals surface area contributed by atoms with Crippen LogP contribution in [0.2, 0.25) is 0 Å². The van der Waals surface area contributed by atoms with Crippen molar-refractivity contribution in [2.75, 3.05) is 21.3 Å². The zero-order chi connectivity index (χ0) is 17.8. The first-order valence-corrected chi connectivity index (χ1v) is 7.43. The van der Waals surface area contributed by atoms with Gasteiger partial charge in [0.1, 0.15) is 18.3 Å². The van der Waals surface area contributed by atoms with Crippen LogP contribution >= 0.6 is 0 Å². The summed E-state index contributed by atoms with van der Waals surface area (Å²) in [5, 5.41) is 11.9. The molecule has 1 fully saturated rings. The number of carbonyl (C=O) groups is 1. The Hall–Kier alpha value is -0.870. The molecule has 0 saturated heterocycles. The summed E-state index contributed by atoms with van der Waals surface area (Å²) in [5.74, 6) is -4.67. The summed E-state index contributed by atoms with van der Waals surface area (Å²) in [4.78, 5) is 11.9.